The largest absolute Gasteiger partial charge is 0.490 e. The van der Waals surface area contributed by atoms with Crippen LogP contribution in [-0.4, -0.2) is 47.3 Å². The molecule has 1 aromatic heterocycles. The smallest absolute Gasteiger partial charge is 0.128 e. The molecule has 2 aromatic rings. The number of piperidine rings is 1. The molecule has 1 aromatic carbocycles. The van der Waals surface area contributed by atoms with Crippen molar-refractivity contribution in [2.24, 2.45) is 0 Å². The number of hydrogen-bond acceptors (Lipinski definition) is 5. The zero-order chi connectivity index (χ0) is 15.4. The second-order valence-electron chi connectivity index (χ2n) is 5.54. The summed E-state index contributed by atoms with van der Waals surface area (Å²) in [5.41, 5.74) is 0.547. The van der Waals surface area contributed by atoms with Crippen LogP contribution in [0.4, 0.5) is 0 Å². The Morgan fingerprint density at radius 3 is 2.78 bits per heavy atom. The van der Waals surface area contributed by atoms with Gasteiger partial charge in [-0.2, -0.15) is 5.26 Å². The fourth-order valence-corrected chi connectivity index (χ4v) is 2.96. The predicted octanol–water partition coefficient (Wildman–Crippen LogP) is 2.36. The number of ether oxygens (including phenoxy) is 1. The van der Waals surface area contributed by atoms with E-state index in [2.05, 4.69) is 16.0 Å². The fourth-order valence-electron chi connectivity index (χ4n) is 2.96. The number of halogens is 1. The van der Waals surface area contributed by atoms with Gasteiger partial charge in [-0.05, 0) is 18.9 Å². The topological polar surface area (TPSA) is 69.4 Å². The molecule has 0 aliphatic carbocycles. The molecule has 6 heteroatoms. The van der Waals surface area contributed by atoms with Gasteiger partial charge in [0.1, 0.15) is 17.9 Å². The van der Waals surface area contributed by atoms with Crippen LogP contribution in [-0.2, 0) is 0 Å². The average molecular weight is 334 g/mol. The zero-order valence-corrected chi connectivity index (χ0v) is 13.6. The van der Waals surface area contributed by atoms with Gasteiger partial charge in [-0.1, -0.05) is 12.1 Å². The number of nitrogens with zero attached hydrogens (tertiary/aromatic N) is 3. The first-order valence-corrected chi connectivity index (χ1v) is 7.58. The summed E-state index contributed by atoms with van der Waals surface area (Å²) in [4.78, 5) is 6.34. The van der Waals surface area contributed by atoms with Gasteiger partial charge in [0.05, 0.1) is 12.2 Å². The minimum atomic E-state index is 0. The number of aromatic nitrogens is 1. The fraction of sp³-hybridized carbons (Fsp3) is 0.412. The van der Waals surface area contributed by atoms with Crippen LogP contribution in [0.1, 0.15) is 18.4 Å². The highest BCUT2D eigenvalue weighted by Gasteiger charge is 2.21. The van der Waals surface area contributed by atoms with E-state index in [0.717, 1.165) is 49.0 Å². The molecule has 0 amide bonds. The molecule has 3 rings (SSSR count). The standard InChI is InChI=1S/C17H19N3O2.ClH/c18-10-14-12-19-11-13-2-1-3-16(17(13)14)22-15-4-6-20(7-5-15)8-9-21;/h1-3,11-12,15,21H,4-9H2;1H. The molecule has 1 aliphatic heterocycles. The molecule has 0 saturated carbocycles. The number of benzene rings is 1. The van der Waals surface area contributed by atoms with Crippen LogP contribution in [0, 0.1) is 11.3 Å². The summed E-state index contributed by atoms with van der Waals surface area (Å²) in [6, 6.07) is 7.99. The third-order valence-electron chi connectivity index (χ3n) is 4.11. The highest BCUT2D eigenvalue weighted by molar-refractivity contribution is 5.92. The second kappa shape index (κ2) is 8.11. The quantitative estimate of drug-likeness (QED) is 0.930. The normalized spacial score (nSPS) is 15.8. The van der Waals surface area contributed by atoms with E-state index in [1.165, 1.54) is 0 Å². The molecule has 0 radical (unpaired) electrons. The van der Waals surface area contributed by atoms with Crippen LogP contribution in [0.3, 0.4) is 0 Å². The molecule has 1 fully saturated rings. The molecule has 5 nitrogen and oxygen atoms in total. The Labute approximate surface area is 141 Å². The molecule has 23 heavy (non-hydrogen) atoms. The molecule has 1 aliphatic rings. The van der Waals surface area contributed by atoms with E-state index in [1.807, 2.05) is 18.2 Å². The maximum absolute atomic E-state index is 9.28. The van der Waals surface area contributed by atoms with Crippen LogP contribution < -0.4 is 4.74 Å². The van der Waals surface area contributed by atoms with Crippen LogP contribution >= 0.6 is 12.4 Å². The number of fused-ring (bicyclic) bond motifs is 1. The molecule has 1 N–H and O–H groups in total. The van der Waals surface area contributed by atoms with Crippen molar-refractivity contribution in [3.8, 4) is 11.8 Å². The molecule has 0 atom stereocenters. The Morgan fingerprint density at radius 2 is 2.09 bits per heavy atom. The number of pyridine rings is 1. The first-order valence-electron chi connectivity index (χ1n) is 7.58. The minimum absolute atomic E-state index is 0. The van der Waals surface area contributed by atoms with E-state index in [9.17, 15) is 5.26 Å². The summed E-state index contributed by atoms with van der Waals surface area (Å²) >= 11 is 0. The van der Waals surface area contributed by atoms with Crippen molar-refractivity contribution >= 4 is 23.2 Å². The summed E-state index contributed by atoms with van der Waals surface area (Å²) in [5, 5.41) is 20.0. The number of β-amino-alcohol motifs (C(OH)–C–C–N with tert-alkyl or cyclic N) is 1. The summed E-state index contributed by atoms with van der Waals surface area (Å²) in [6.07, 6.45) is 5.36. The number of aliphatic hydroxyl groups excluding tert-OH is 1. The van der Waals surface area contributed by atoms with Gasteiger partial charge in [0.25, 0.3) is 0 Å². The van der Waals surface area contributed by atoms with Crippen LogP contribution in [0.5, 0.6) is 5.75 Å². The molecule has 0 unspecified atom stereocenters. The first kappa shape index (κ1) is 17.5. The van der Waals surface area contributed by atoms with E-state index in [0.29, 0.717) is 5.56 Å². The second-order valence-corrected chi connectivity index (χ2v) is 5.54. The maximum atomic E-state index is 9.28. The van der Waals surface area contributed by atoms with Gasteiger partial charge in [-0.3, -0.25) is 4.98 Å². The van der Waals surface area contributed by atoms with Gasteiger partial charge in [0.15, 0.2) is 0 Å². The molecule has 2 heterocycles. The van der Waals surface area contributed by atoms with Crippen molar-refractivity contribution in [1.82, 2.24) is 9.88 Å². The predicted molar refractivity (Wildman–Crippen MR) is 90.9 cm³/mol. The Bertz CT molecular complexity index is 689. The SMILES string of the molecule is Cl.N#Cc1cncc2cccc(OC3CCN(CCO)CC3)c12. The van der Waals surface area contributed by atoms with Crippen LogP contribution in [0.25, 0.3) is 10.8 Å². The maximum Gasteiger partial charge on any atom is 0.128 e. The van der Waals surface area contributed by atoms with Gasteiger partial charge in [-0.15, -0.1) is 12.4 Å². The highest BCUT2D eigenvalue weighted by Crippen LogP contribution is 2.30. The lowest BCUT2D eigenvalue weighted by Gasteiger charge is -2.31. The Kier molecular flexibility index (Phi) is 6.17. The highest BCUT2D eigenvalue weighted by atomic mass is 35.5. The number of likely N-dealkylation sites (tertiary alicyclic amines) is 1. The van der Waals surface area contributed by atoms with Crippen LogP contribution in [0.2, 0.25) is 0 Å². The lowest BCUT2D eigenvalue weighted by atomic mass is 10.1. The van der Waals surface area contributed by atoms with Crippen molar-refractivity contribution in [3.05, 3.63) is 36.2 Å². The third kappa shape index (κ3) is 3.91. The van der Waals surface area contributed by atoms with Crippen molar-refractivity contribution in [2.75, 3.05) is 26.2 Å². The van der Waals surface area contributed by atoms with Crippen molar-refractivity contribution in [1.29, 1.82) is 5.26 Å². The first-order chi connectivity index (χ1) is 10.8. The van der Waals surface area contributed by atoms with E-state index in [1.54, 1.807) is 12.4 Å². The van der Waals surface area contributed by atoms with Gasteiger partial charge in [0.2, 0.25) is 0 Å². The lowest BCUT2D eigenvalue weighted by molar-refractivity contribution is 0.0899. The molecular weight excluding hydrogens is 314 g/mol. The molecular formula is C17H20ClN3O2. The monoisotopic (exact) mass is 333 g/mol. The van der Waals surface area contributed by atoms with Crippen molar-refractivity contribution < 1.29 is 9.84 Å². The Morgan fingerprint density at radius 1 is 1.30 bits per heavy atom. The number of rotatable bonds is 4. The van der Waals surface area contributed by atoms with E-state index < -0.39 is 0 Å². The Hall–Kier alpha value is -1.87. The van der Waals surface area contributed by atoms with Crippen molar-refractivity contribution in [3.63, 3.8) is 0 Å². The average Bonchev–Trinajstić information content (AvgIpc) is 2.56. The van der Waals surface area contributed by atoms with E-state index in [-0.39, 0.29) is 25.1 Å². The van der Waals surface area contributed by atoms with Gasteiger partial charge in [0, 0.05) is 42.8 Å². The van der Waals surface area contributed by atoms with E-state index >= 15 is 0 Å². The molecule has 1 saturated heterocycles. The molecule has 0 spiro atoms. The third-order valence-corrected chi connectivity index (χ3v) is 4.11. The Balaban J connectivity index is 0.00000192. The van der Waals surface area contributed by atoms with Crippen molar-refractivity contribution in [2.45, 2.75) is 18.9 Å². The van der Waals surface area contributed by atoms with Crippen LogP contribution in [0.15, 0.2) is 30.6 Å². The number of hydrogen-bond donors (Lipinski definition) is 1. The minimum Gasteiger partial charge on any atom is -0.490 e. The number of nitriles is 1. The van der Waals surface area contributed by atoms with E-state index in [4.69, 9.17) is 9.84 Å². The summed E-state index contributed by atoms with van der Waals surface area (Å²) < 4.78 is 6.17. The lowest BCUT2D eigenvalue weighted by Crippen LogP contribution is -2.39. The van der Waals surface area contributed by atoms with Gasteiger partial charge in [-0.25, -0.2) is 0 Å². The summed E-state index contributed by atoms with van der Waals surface area (Å²) in [5.74, 6) is 0.761. The van der Waals surface area contributed by atoms with Gasteiger partial charge < -0.3 is 14.7 Å². The van der Waals surface area contributed by atoms with Gasteiger partial charge >= 0.3 is 0 Å². The summed E-state index contributed by atoms with van der Waals surface area (Å²) in [6.45, 7) is 2.80. The molecule has 0 bridgehead atoms. The molecule has 122 valence electrons. The number of aliphatic hydroxyl groups is 1. The summed E-state index contributed by atoms with van der Waals surface area (Å²) in [7, 11) is 0. The zero-order valence-electron chi connectivity index (χ0n) is 12.8.